The Labute approximate surface area is 98.2 Å². The van der Waals surface area contributed by atoms with Crippen LogP contribution in [0, 0.1) is 11.5 Å². The Morgan fingerprint density at radius 1 is 1.47 bits per heavy atom. The zero-order chi connectivity index (χ0) is 11.9. The third-order valence-electron chi connectivity index (χ3n) is 1.56. The molecule has 0 aromatic rings. The van der Waals surface area contributed by atoms with Gasteiger partial charge in [0, 0.05) is 0 Å². The maximum atomic E-state index is 11.1. The van der Waals surface area contributed by atoms with Crippen molar-refractivity contribution in [3.63, 3.8) is 0 Å². The van der Waals surface area contributed by atoms with Gasteiger partial charge in [-0.15, -0.1) is 17.3 Å². The molecule has 0 aromatic heterocycles. The van der Waals surface area contributed by atoms with Gasteiger partial charge in [-0.05, 0) is 5.75 Å². The molecule has 0 saturated heterocycles. The van der Waals surface area contributed by atoms with Crippen LogP contribution in [-0.2, 0) is 9.53 Å². The van der Waals surface area contributed by atoms with E-state index in [9.17, 15) is 4.79 Å². The molecule has 0 aromatic carbocycles. The van der Waals surface area contributed by atoms with E-state index in [4.69, 9.17) is 0 Å². The van der Waals surface area contributed by atoms with E-state index in [1.54, 1.807) is 11.8 Å². The Hall–Kier alpha value is -0.403. The first-order valence-electron chi connectivity index (χ1n) is 5.10. The molecule has 0 aliphatic carbocycles. The lowest BCUT2D eigenvalue weighted by molar-refractivity contribution is -0.140. The van der Waals surface area contributed by atoms with Crippen LogP contribution in [-0.4, -0.2) is 32.2 Å². The van der Waals surface area contributed by atoms with Crippen LogP contribution in [0.4, 0.5) is 0 Å². The van der Waals surface area contributed by atoms with Crippen LogP contribution in [0.5, 0.6) is 0 Å². The van der Waals surface area contributed by atoms with Crippen LogP contribution in [0.1, 0.15) is 13.3 Å². The number of methoxy groups -OCH3 is 1. The average Bonchev–Trinajstić information content (AvgIpc) is 2.13. The molecule has 0 N–H and O–H groups in total. The summed E-state index contributed by atoms with van der Waals surface area (Å²) in [6.45, 7) is 8.68. The van der Waals surface area contributed by atoms with Crippen LogP contribution >= 0.6 is 11.8 Å². The van der Waals surface area contributed by atoms with Crippen LogP contribution in [0.15, 0.2) is 0 Å². The van der Waals surface area contributed by atoms with Crippen LogP contribution < -0.4 is 0 Å². The van der Waals surface area contributed by atoms with Gasteiger partial charge in [0.05, 0.1) is 18.8 Å². The van der Waals surface area contributed by atoms with Gasteiger partial charge in [-0.3, -0.25) is 4.79 Å². The Morgan fingerprint density at radius 2 is 2.07 bits per heavy atom. The molecule has 15 heavy (non-hydrogen) atoms. The molecule has 0 amide bonds. The number of hydrogen-bond acceptors (Lipinski definition) is 3. The van der Waals surface area contributed by atoms with E-state index in [2.05, 4.69) is 42.8 Å². The lowest BCUT2D eigenvalue weighted by atomic mass is 10.3. The van der Waals surface area contributed by atoms with E-state index >= 15 is 0 Å². The molecule has 0 fully saturated rings. The molecule has 1 unspecified atom stereocenters. The lowest BCUT2D eigenvalue weighted by Crippen LogP contribution is -2.18. The maximum absolute atomic E-state index is 11.1. The van der Waals surface area contributed by atoms with Gasteiger partial charge in [0.1, 0.15) is 8.07 Å². The van der Waals surface area contributed by atoms with Gasteiger partial charge in [-0.1, -0.05) is 32.5 Å². The van der Waals surface area contributed by atoms with E-state index in [-0.39, 0.29) is 11.2 Å². The Bertz CT molecular complexity index is 260. The van der Waals surface area contributed by atoms with Crippen molar-refractivity contribution in [1.82, 2.24) is 0 Å². The van der Waals surface area contributed by atoms with Gasteiger partial charge < -0.3 is 4.74 Å². The van der Waals surface area contributed by atoms with Gasteiger partial charge in [0.2, 0.25) is 0 Å². The summed E-state index contributed by atoms with van der Waals surface area (Å²) in [4.78, 5) is 11.1. The van der Waals surface area contributed by atoms with Crippen molar-refractivity contribution < 1.29 is 9.53 Å². The van der Waals surface area contributed by atoms with Crippen molar-refractivity contribution in [3.8, 4) is 11.5 Å². The summed E-state index contributed by atoms with van der Waals surface area (Å²) in [5.74, 6) is 4.00. The number of ether oxygens (including phenoxy) is 1. The smallest absolute Gasteiger partial charge is 0.307 e. The second-order valence-electron chi connectivity index (χ2n) is 4.24. The summed E-state index contributed by atoms with van der Waals surface area (Å²) in [5, 5.41) is 0.0918. The summed E-state index contributed by atoms with van der Waals surface area (Å²) in [7, 11) is 0.0818. The maximum Gasteiger partial charge on any atom is 0.307 e. The first-order valence-corrected chi connectivity index (χ1v) is 9.65. The lowest BCUT2D eigenvalue weighted by Gasteiger charge is -2.09. The predicted octanol–water partition coefficient (Wildman–Crippen LogP) is 2.55. The first-order chi connectivity index (χ1) is 6.89. The number of thioether (sulfide) groups is 1. The molecule has 86 valence electrons. The van der Waals surface area contributed by atoms with Crippen molar-refractivity contribution in [3.05, 3.63) is 0 Å². The van der Waals surface area contributed by atoms with E-state index in [0.29, 0.717) is 6.42 Å². The molecular formula is C11H20O2SSi. The Morgan fingerprint density at radius 3 is 2.47 bits per heavy atom. The fourth-order valence-corrected chi connectivity index (χ4v) is 2.39. The summed E-state index contributed by atoms with van der Waals surface area (Å²) in [6, 6.07) is 0. The topological polar surface area (TPSA) is 26.3 Å². The second kappa shape index (κ2) is 6.97. The fourth-order valence-electron chi connectivity index (χ4n) is 0.885. The van der Waals surface area contributed by atoms with Crippen LogP contribution in [0.2, 0.25) is 19.6 Å². The molecule has 0 spiro atoms. The van der Waals surface area contributed by atoms with E-state index in [0.717, 1.165) is 5.75 Å². The number of carbonyl (C=O) groups is 1. The average molecular weight is 244 g/mol. The normalized spacial score (nSPS) is 12.6. The highest BCUT2D eigenvalue weighted by molar-refractivity contribution is 8.00. The second-order valence-corrected chi connectivity index (χ2v) is 10.5. The minimum Gasteiger partial charge on any atom is -0.469 e. The van der Waals surface area contributed by atoms with Gasteiger partial charge in [-0.25, -0.2) is 0 Å². The summed E-state index contributed by atoms with van der Waals surface area (Å²) < 4.78 is 4.65. The van der Waals surface area contributed by atoms with Crippen LogP contribution in [0.25, 0.3) is 0 Å². The Kier molecular flexibility index (Phi) is 6.78. The standard InChI is InChI=1S/C11H20O2SSi/c1-6-14-10(9-11(12)13-2)7-8-15(3,4)5/h10H,6,9H2,1-5H3. The molecule has 1 atom stereocenters. The molecular weight excluding hydrogens is 224 g/mol. The zero-order valence-electron chi connectivity index (χ0n) is 10.2. The van der Waals surface area contributed by atoms with Crippen molar-refractivity contribution in [2.45, 2.75) is 38.2 Å². The number of rotatable bonds is 4. The summed E-state index contributed by atoms with van der Waals surface area (Å²) >= 11 is 1.71. The Balaban J connectivity index is 4.38. The highest BCUT2D eigenvalue weighted by Gasteiger charge is 2.13. The minimum atomic E-state index is -1.34. The minimum absolute atomic E-state index is 0.0918. The molecule has 0 rings (SSSR count). The SMILES string of the molecule is CCSC(C#C[Si](C)(C)C)CC(=O)OC. The van der Waals surface area contributed by atoms with E-state index < -0.39 is 8.07 Å². The van der Waals surface area contributed by atoms with E-state index in [1.807, 2.05) is 0 Å². The van der Waals surface area contributed by atoms with Gasteiger partial charge in [0.15, 0.2) is 0 Å². The number of esters is 1. The molecule has 0 bridgehead atoms. The monoisotopic (exact) mass is 244 g/mol. The number of hydrogen-bond donors (Lipinski definition) is 0. The molecule has 0 radical (unpaired) electrons. The highest BCUT2D eigenvalue weighted by Crippen LogP contribution is 2.14. The highest BCUT2D eigenvalue weighted by atomic mass is 32.2. The van der Waals surface area contributed by atoms with Gasteiger partial charge in [-0.2, -0.15) is 0 Å². The molecule has 4 heteroatoms. The summed E-state index contributed by atoms with van der Waals surface area (Å²) in [6.07, 6.45) is 0.395. The summed E-state index contributed by atoms with van der Waals surface area (Å²) in [5.41, 5.74) is 3.30. The third-order valence-corrected chi connectivity index (χ3v) is 3.47. The predicted molar refractivity (Wildman–Crippen MR) is 69.7 cm³/mol. The van der Waals surface area contributed by atoms with Gasteiger partial charge >= 0.3 is 5.97 Å². The van der Waals surface area contributed by atoms with Crippen molar-refractivity contribution in [1.29, 1.82) is 0 Å². The van der Waals surface area contributed by atoms with E-state index in [1.165, 1.54) is 7.11 Å². The van der Waals surface area contributed by atoms with Crippen molar-refractivity contribution >= 4 is 25.8 Å². The number of carbonyl (C=O) groups excluding carboxylic acids is 1. The first kappa shape index (κ1) is 14.6. The quantitative estimate of drug-likeness (QED) is 0.432. The largest absolute Gasteiger partial charge is 0.469 e. The molecule has 2 nitrogen and oxygen atoms in total. The third kappa shape index (κ3) is 8.58. The molecule has 0 aliphatic rings. The molecule has 0 heterocycles. The van der Waals surface area contributed by atoms with Crippen molar-refractivity contribution in [2.75, 3.05) is 12.9 Å². The zero-order valence-corrected chi connectivity index (χ0v) is 12.0. The van der Waals surface area contributed by atoms with Crippen LogP contribution in [0.3, 0.4) is 0 Å². The molecule has 0 aliphatic heterocycles. The molecule has 0 saturated carbocycles. The fraction of sp³-hybridized carbons (Fsp3) is 0.727. The van der Waals surface area contributed by atoms with Crippen molar-refractivity contribution in [2.24, 2.45) is 0 Å². The van der Waals surface area contributed by atoms with Gasteiger partial charge in [0.25, 0.3) is 0 Å².